The summed E-state index contributed by atoms with van der Waals surface area (Å²) in [6, 6.07) is 5.05. The number of rotatable bonds is 39. The van der Waals surface area contributed by atoms with Crippen molar-refractivity contribution in [2.45, 2.75) is 162 Å². The van der Waals surface area contributed by atoms with E-state index in [-0.39, 0.29) is 99.7 Å². The molecule has 29 heteroatoms. The molecule has 1 saturated carbocycles. The van der Waals surface area contributed by atoms with E-state index in [1.54, 1.807) is 86.9 Å². The van der Waals surface area contributed by atoms with Crippen LogP contribution in [0, 0.1) is 30.5 Å². The van der Waals surface area contributed by atoms with Crippen LogP contribution in [0.3, 0.4) is 0 Å². The lowest BCUT2D eigenvalue weighted by atomic mass is 9.81. The zero-order valence-electron chi connectivity index (χ0n) is 60.6. The number of nitrogens with zero attached hydrogens (tertiary/aromatic N) is 3. The van der Waals surface area contributed by atoms with Crippen molar-refractivity contribution in [3.63, 3.8) is 0 Å². The van der Waals surface area contributed by atoms with E-state index in [0.29, 0.717) is 186 Å². The van der Waals surface area contributed by atoms with E-state index in [9.17, 15) is 43.5 Å². The van der Waals surface area contributed by atoms with Gasteiger partial charge in [0.25, 0.3) is 5.56 Å². The monoisotopic (exact) mass is 1430 g/mol. The number of aromatic nitrogens is 2. The van der Waals surface area contributed by atoms with Crippen LogP contribution in [0.1, 0.15) is 144 Å². The van der Waals surface area contributed by atoms with Crippen molar-refractivity contribution < 1.29 is 95.2 Å². The number of alkyl carbamates (subject to hydrolysis) is 2. The van der Waals surface area contributed by atoms with Crippen LogP contribution in [-0.2, 0) is 114 Å². The molecule has 28 nitrogen and oxygen atoms in total. The average molecular weight is 1430 g/mol. The second-order valence-electron chi connectivity index (χ2n) is 27.4. The highest BCUT2D eigenvalue weighted by molar-refractivity contribution is 5.99. The number of esters is 1. The number of halogens is 1. The molecule has 2 aliphatic carbocycles. The summed E-state index contributed by atoms with van der Waals surface area (Å²) in [6.07, 6.45) is 1.88. The third-order valence-electron chi connectivity index (χ3n) is 18.6. The summed E-state index contributed by atoms with van der Waals surface area (Å²) in [4.78, 5) is 115. The van der Waals surface area contributed by atoms with Gasteiger partial charge in [-0.25, -0.2) is 23.8 Å². The lowest BCUT2D eigenvalue weighted by Crippen LogP contribution is -2.54. The summed E-state index contributed by atoms with van der Waals surface area (Å²) in [5.41, 5.74) is 1.67. The van der Waals surface area contributed by atoms with Crippen molar-refractivity contribution in [2.75, 3.05) is 125 Å². The fourth-order valence-corrected chi connectivity index (χ4v) is 12.9. The number of aliphatic hydroxyl groups is 1. The molecule has 2 aliphatic heterocycles. The van der Waals surface area contributed by atoms with Gasteiger partial charge < -0.3 is 93.3 Å². The maximum absolute atomic E-state index is 15.7. The van der Waals surface area contributed by atoms with Crippen molar-refractivity contribution in [3.8, 4) is 11.4 Å². The molecule has 4 heterocycles. The smallest absolute Gasteiger partial charge is 0.407 e. The second kappa shape index (κ2) is 38.1. The number of methoxy groups -OCH3 is 1. The molecular formula is C73H103FN8O20. The van der Waals surface area contributed by atoms with Gasteiger partial charge in [-0.3, -0.25) is 24.0 Å². The largest absolute Gasteiger partial charge is 0.458 e. The number of hydrogen-bond donors (Lipinski definition) is 6. The highest BCUT2D eigenvalue weighted by Crippen LogP contribution is 2.46. The summed E-state index contributed by atoms with van der Waals surface area (Å²) in [7, 11) is 3.23. The topological polar surface area (TPSA) is 340 Å². The summed E-state index contributed by atoms with van der Waals surface area (Å²) in [6.45, 7) is 19.5. The highest BCUT2D eigenvalue weighted by atomic mass is 19.1. The average Bonchev–Trinajstić information content (AvgIpc) is 1.52. The molecule has 0 radical (unpaired) electrons. The molecule has 0 bridgehead atoms. The fourth-order valence-electron chi connectivity index (χ4n) is 12.9. The minimum absolute atomic E-state index is 0.00423. The van der Waals surface area contributed by atoms with Gasteiger partial charge in [0.05, 0.1) is 141 Å². The zero-order chi connectivity index (χ0) is 73.7. The van der Waals surface area contributed by atoms with Gasteiger partial charge in [0.2, 0.25) is 23.6 Å². The molecule has 2 aromatic heterocycles. The Morgan fingerprint density at radius 1 is 0.765 bits per heavy atom. The molecule has 4 atom stereocenters. The Morgan fingerprint density at radius 3 is 1.96 bits per heavy atom. The third-order valence-corrected chi connectivity index (χ3v) is 18.6. The van der Waals surface area contributed by atoms with Gasteiger partial charge in [0.15, 0.2) is 5.60 Å². The number of carbonyl (C=O) groups is 7. The first kappa shape index (κ1) is 80.0. The van der Waals surface area contributed by atoms with Gasteiger partial charge >= 0.3 is 18.2 Å². The second-order valence-corrected chi connectivity index (χ2v) is 27.4. The molecule has 8 rings (SSSR count). The molecule has 4 aliphatic rings. The Morgan fingerprint density at radius 2 is 1.37 bits per heavy atom. The van der Waals surface area contributed by atoms with Crippen LogP contribution >= 0.6 is 0 Å². The molecule has 0 saturated heterocycles. The van der Waals surface area contributed by atoms with E-state index < -0.39 is 70.7 Å². The predicted octanol–water partition coefficient (Wildman–Crippen LogP) is 6.47. The number of benzene rings is 2. The Balaban J connectivity index is 0.870. The third kappa shape index (κ3) is 21.7. The molecule has 6 N–H and O–H groups in total. The van der Waals surface area contributed by atoms with Crippen molar-refractivity contribution in [1.29, 1.82) is 0 Å². The Kier molecular flexibility index (Phi) is 29.9. The first-order chi connectivity index (χ1) is 48.8. The highest BCUT2D eigenvalue weighted by Gasteiger charge is 2.46. The standard InChI is InChI=1S/C73H103FN8O20/c1-11-73(91)55-37-59-64-53(41-82(59)68(87)54(55)43-100-69(73)88)62-57(19-18-52-45(4)56(74)38-58(78-64)61(52)62)79-71(90)101-42-49-16-17-51(77-65(84)46(5)76-67(86)63(44(2)3)80-66(85)48-14-12-47(13-15-48)39-75-70(89)102-72(6,7)8)36-50(49)40-81(9)60(83)20-21-93-24-25-95-28-29-97-32-33-99-35-34-98-31-30-96-27-26-94-23-22-92-10/h16-17,36-38,44,46-48,57,63,91H,11-15,18-35,39-43H2,1-10H3,(H,75,89)(H,76,86)(H,77,84)(H,79,90)(H,80,85)/t46-,47?,48?,57-,63-,73-/m0/s1. The number of aryl methyl sites for hydroxylation is 1. The number of nitrogens with one attached hydrogen (secondary N) is 5. The quantitative estimate of drug-likeness (QED) is 0.0139. The normalized spacial score (nSPS) is 18.1. The lowest BCUT2D eigenvalue weighted by Gasteiger charge is -2.31. The van der Waals surface area contributed by atoms with Crippen LogP contribution in [0.15, 0.2) is 35.1 Å². The Hall–Kier alpha value is -7.74. The Labute approximate surface area is 594 Å². The fraction of sp³-hybridized carbons (Fsp3) is 0.630. The number of ether oxygens (including phenoxy) is 11. The number of carbonyl (C=O) groups excluding carboxylic acids is 7. The van der Waals surface area contributed by atoms with Gasteiger partial charge in [-0.15, -0.1) is 0 Å². The summed E-state index contributed by atoms with van der Waals surface area (Å²) >= 11 is 0. The van der Waals surface area contributed by atoms with E-state index >= 15 is 4.39 Å². The number of fused-ring (bicyclic) bond motifs is 5. The Bertz CT molecular complexity index is 3630. The molecule has 102 heavy (non-hydrogen) atoms. The summed E-state index contributed by atoms with van der Waals surface area (Å²) < 4.78 is 77.6. The van der Waals surface area contributed by atoms with E-state index in [1.807, 2.05) is 0 Å². The van der Waals surface area contributed by atoms with Crippen LogP contribution < -0.4 is 32.1 Å². The lowest BCUT2D eigenvalue weighted by molar-refractivity contribution is -0.172. The number of pyridine rings is 2. The molecule has 6 amide bonds. The van der Waals surface area contributed by atoms with Crippen molar-refractivity contribution >= 4 is 58.4 Å². The van der Waals surface area contributed by atoms with E-state index in [1.165, 1.54) is 22.5 Å². The van der Waals surface area contributed by atoms with Crippen LogP contribution in [0.4, 0.5) is 19.7 Å². The van der Waals surface area contributed by atoms with Gasteiger partial charge in [-0.2, -0.15) is 0 Å². The first-order valence-electron chi connectivity index (χ1n) is 35.3. The van der Waals surface area contributed by atoms with Gasteiger partial charge in [0.1, 0.15) is 36.7 Å². The molecule has 562 valence electrons. The van der Waals surface area contributed by atoms with Crippen LogP contribution in [0.5, 0.6) is 0 Å². The van der Waals surface area contributed by atoms with Crippen LogP contribution in [-0.4, -0.2) is 199 Å². The predicted molar refractivity (Wildman–Crippen MR) is 371 cm³/mol. The number of anilines is 1. The summed E-state index contributed by atoms with van der Waals surface area (Å²) in [5.74, 6) is -3.52. The molecule has 4 aromatic rings. The molecule has 1 fully saturated rings. The van der Waals surface area contributed by atoms with Crippen molar-refractivity contribution in [2.24, 2.45) is 17.8 Å². The van der Waals surface area contributed by atoms with Crippen LogP contribution in [0.25, 0.3) is 22.3 Å². The minimum atomic E-state index is -2.08. The molecule has 0 unspecified atom stereocenters. The van der Waals surface area contributed by atoms with Crippen LogP contribution in [0.2, 0.25) is 0 Å². The summed E-state index contributed by atoms with van der Waals surface area (Å²) in [5, 5.41) is 26.6. The van der Waals surface area contributed by atoms with Crippen molar-refractivity contribution in [1.82, 2.24) is 35.7 Å². The van der Waals surface area contributed by atoms with E-state index in [4.69, 9.17) is 57.1 Å². The number of amides is 6. The van der Waals surface area contributed by atoms with Gasteiger partial charge in [-0.05, 0) is 137 Å². The van der Waals surface area contributed by atoms with E-state index in [2.05, 4.69) is 26.6 Å². The van der Waals surface area contributed by atoms with Gasteiger partial charge in [0, 0.05) is 61.4 Å². The number of cyclic esters (lactones) is 1. The SMILES string of the molecule is CC[C@@]1(O)C(=O)OCc2c1cc1n(c2=O)Cc2c-1nc1cc(F)c(C)c3c1c2[C@@H](NC(=O)OCc1ccc(NC(=O)[C@H](C)NC(=O)[C@@H](NC(=O)C2CCC(CNC(=O)OC(C)(C)C)CC2)C(C)C)cc1CN(C)C(=O)CCOCCOCCOCCOCCOCCOCCOCCOC)CC3. The molecular weight excluding hydrogens is 1330 g/mol. The first-order valence-corrected chi connectivity index (χ1v) is 35.3. The molecule has 0 spiro atoms. The minimum Gasteiger partial charge on any atom is -0.458 e. The van der Waals surface area contributed by atoms with Gasteiger partial charge in [-0.1, -0.05) is 26.8 Å². The zero-order valence-corrected chi connectivity index (χ0v) is 60.6. The van der Waals surface area contributed by atoms with Crippen molar-refractivity contribution in [3.05, 3.63) is 91.0 Å². The maximum Gasteiger partial charge on any atom is 0.407 e. The maximum atomic E-state index is 15.7. The van der Waals surface area contributed by atoms with E-state index in [0.717, 1.165) is 0 Å². The molecule has 2 aromatic carbocycles. The number of hydrogen-bond acceptors (Lipinski definition) is 21.